The van der Waals surface area contributed by atoms with Gasteiger partial charge in [-0.15, -0.1) is 5.10 Å². The summed E-state index contributed by atoms with van der Waals surface area (Å²) in [5.41, 5.74) is 12.8. The second-order valence-electron chi connectivity index (χ2n) is 5.71. The number of carbonyl (C=O) groups is 1. The van der Waals surface area contributed by atoms with Crippen LogP contribution in [0.25, 0.3) is 0 Å². The number of rotatable bonds is 3. The minimum Gasteiger partial charge on any atom is -0.455 e. The van der Waals surface area contributed by atoms with Crippen molar-refractivity contribution in [2.75, 3.05) is 5.32 Å². The summed E-state index contributed by atoms with van der Waals surface area (Å²) in [5.74, 6) is -0.379. The summed E-state index contributed by atoms with van der Waals surface area (Å²) in [6.45, 7) is 1.76. The first kappa shape index (κ1) is 16.7. The van der Waals surface area contributed by atoms with Gasteiger partial charge in [-0.2, -0.15) is 5.10 Å². The molecule has 1 aliphatic rings. The van der Waals surface area contributed by atoms with Gasteiger partial charge < -0.3 is 21.2 Å². The van der Waals surface area contributed by atoms with Crippen molar-refractivity contribution in [2.24, 2.45) is 21.7 Å². The lowest BCUT2D eigenvalue weighted by atomic mass is 9.93. The quantitative estimate of drug-likeness (QED) is 0.450. The third-order valence-corrected chi connectivity index (χ3v) is 3.94. The summed E-state index contributed by atoms with van der Waals surface area (Å²) >= 11 is 0. The van der Waals surface area contributed by atoms with E-state index >= 15 is 0 Å². The van der Waals surface area contributed by atoms with E-state index in [0.717, 1.165) is 12.0 Å². The molecule has 0 fully saturated rings. The Morgan fingerprint density at radius 3 is 2.76 bits per heavy atom. The molecule has 5 N–H and O–H groups in total. The number of fused-ring (bicyclic) bond motifs is 1. The summed E-state index contributed by atoms with van der Waals surface area (Å²) in [6.07, 6.45) is 2.18. The van der Waals surface area contributed by atoms with Crippen molar-refractivity contribution in [3.63, 3.8) is 0 Å². The molecule has 1 aliphatic carbocycles. The van der Waals surface area contributed by atoms with Crippen molar-refractivity contribution < 1.29 is 13.6 Å². The van der Waals surface area contributed by atoms with E-state index in [2.05, 4.69) is 15.5 Å². The Labute approximate surface area is 143 Å². The molecule has 0 aliphatic heterocycles. The van der Waals surface area contributed by atoms with Crippen LogP contribution in [-0.2, 0) is 6.42 Å². The van der Waals surface area contributed by atoms with Crippen molar-refractivity contribution in [1.29, 1.82) is 0 Å². The van der Waals surface area contributed by atoms with E-state index in [4.69, 9.17) is 15.9 Å². The number of anilines is 1. The minimum absolute atomic E-state index is 0.0932. The third-order valence-electron chi connectivity index (χ3n) is 3.94. The van der Waals surface area contributed by atoms with Gasteiger partial charge in [0, 0.05) is 17.5 Å². The van der Waals surface area contributed by atoms with E-state index in [0.29, 0.717) is 29.9 Å². The number of halogens is 1. The van der Waals surface area contributed by atoms with E-state index in [1.807, 2.05) is 0 Å². The van der Waals surface area contributed by atoms with Gasteiger partial charge in [0.1, 0.15) is 11.6 Å². The van der Waals surface area contributed by atoms with Crippen molar-refractivity contribution >= 4 is 23.3 Å². The average Bonchev–Trinajstić information content (AvgIpc) is 2.93. The zero-order valence-electron chi connectivity index (χ0n) is 13.7. The molecule has 0 saturated heterocycles. The number of guanidine groups is 1. The maximum Gasteiger partial charge on any atom is 0.291 e. The number of nitrogens with zero attached hydrogens (tertiary/aromatic N) is 2. The van der Waals surface area contributed by atoms with E-state index in [-0.39, 0.29) is 17.4 Å². The van der Waals surface area contributed by atoms with Gasteiger partial charge in [-0.25, -0.2) is 4.39 Å². The van der Waals surface area contributed by atoms with Crippen molar-refractivity contribution in [3.05, 3.63) is 52.7 Å². The maximum absolute atomic E-state index is 13.7. The van der Waals surface area contributed by atoms with Gasteiger partial charge in [0.15, 0.2) is 5.76 Å². The van der Waals surface area contributed by atoms with Crippen LogP contribution in [0.3, 0.4) is 0 Å². The number of hydrogen-bond donors (Lipinski definition) is 3. The summed E-state index contributed by atoms with van der Waals surface area (Å²) in [6, 6.07) is 5.94. The van der Waals surface area contributed by atoms with Crippen LogP contribution in [0.5, 0.6) is 0 Å². The first-order valence-corrected chi connectivity index (χ1v) is 7.81. The molecule has 130 valence electrons. The predicted molar refractivity (Wildman–Crippen MR) is 93.1 cm³/mol. The van der Waals surface area contributed by atoms with E-state index in [1.165, 1.54) is 12.1 Å². The predicted octanol–water partition coefficient (Wildman–Crippen LogP) is 2.29. The zero-order valence-corrected chi connectivity index (χ0v) is 13.7. The third kappa shape index (κ3) is 3.37. The Morgan fingerprint density at radius 2 is 2.04 bits per heavy atom. The molecular weight excluding hydrogens is 325 g/mol. The molecule has 25 heavy (non-hydrogen) atoms. The summed E-state index contributed by atoms with van der Waals surface area (Å²) in [5, 5.41) is 10.3. The number of aryl methyl sites for hydroxylation is 1. The molecule has 1 amide bonds. The monoisotopic (exact) mass is 343 g/mol. The van der Waals surface area contributed by atoms with Crippen molar-refractivity contribution in [3.8, 4) is 0 Å². The smallest absolute Gasteiger partial charge is 0.291 e. The lowest BCUT2D eigenvalue weighted by molar-refractivity contribution is 0.0993. The molecule has 2 aromatic rings. The Morgan fingerprint density at radius 1 is 1.28 bits per heavy atom. The van der Waals surface area contributed by atoms with Crippen LogP contribution in [0.15, 0.2) is 38.9 Å². The Kier molecular flexibility index (Phi) is 4.51. The van der Waals surface area contributed by atoms with Crippen LogP contribution in [0.2, 0.25) is 0 Å². The number of hydrogen-bond acceptors (Lipinski definition) is 4. The lowest BCUT2D eigenvalue weighted by Crippen LogP contribution is -2.22. The van der Waals surface area contributed by atoms with Gasteiger partial charge in [0.2, 0.25) is 5.96 Å². The Hall–Kier alpha value is -3.16. The maximum atomic E-state index is 13.7. The molecule has 0 spiro atoms. The minimum atomic E-state index is -0.516. The highest BCUT2D eigenvalue weighted by Crippen LogP contribution is 2.30. The number of benzene rings is 1. The molecule has 8 heteroatoms. The van der Waals surface area contributed by atoms with Gasteiger partial charge in [-0.3, -0.25) is 4.79 Å². The van der Waals surface area contributed by atoms with Gasteiger partial charge >= 0.3 is 0 Å². The van der Waals surface area contributed by atoms with Crippen LogP contribution in [0.4, 0.5) is 10.1 Å². The van der Waals surface area contributed by atoms with E-state index < -0.39 is 11.7 Å². The Balaban J connectivity index is 1.95. The largest absolute Gasteiger partial charge is 0.455 e. The number of nitrogens with one attached hydrogen (secondary N) is 1. The highest BCUT2D eigenvalue weighted by atomic mass is 19.1. The molecule has 0 unspecified atom stereocenters. The molecule has 0 saturated carbocycles. The highest BCUT2D eigenvalue weighted by molar-refractivity contribution is 6.09. The molecule has 1 aromatic carbocycles. The fourth-order valence-electron chi connectivity index (χ4n) is 2.84. The SMILES string of the molecule is Cc1c(C(=O)Nc2ccccc2F)oc2c1/C(=N/N=C(N)N)CCC2. The topological polar surface area (TPSA) is 119 Å². The molecule has 3 rings (SSSR count). The molecule has 1 heterocycles. The number of furan rings is 1. The molecule has 1 aromatic heterocycles. The summed E-state index contributed by atoms with van der Waals surface area (Å²) in [7, 11) is 0. The molecule has 7 nitrogen and oxygen atoms in total. The molecular formula is C17H18FN5O2. The van der Waals surface area contributed by atoms with E-state index in [9.17, 15) is 9.18 Å². The van der Waals surface area contributed by atoms with E-state index in [1.54, 1.807) is 19.1 Å². The number of nitrogens with two attached hydrogens (primary N) is 2. The molecule has 0 radical (unpaired) electrons. The fourth-order valence-corrected chi connectivity index (χ4v) is 2.84. The number of amides is 1. The van der Waals surface area contributed by atoms with Gasteiger partial charge in [0.05, 0.1) is 11.4 Å². The van der Waals surface area contributed by atoms with Crippen LogP contribution >= 0.6 is 0 Å². The summed E-state index contributed by atoms with van der Waals surface area (Å²) in [4.78, 5) is 12.5. The number of para-hydroxylation sites is 1. The molecule has 0 bridgehead atoms. The van der Waals surface area contributed by atoms with Crippen LogP contribution in [0.1, 0.15) is 40.3 Å². The second-order valence-corrected chi connectivity index (χ2v) is 5.71. The van der Waals surface area contributed by atoms with Crippen molar-refractivity contribution in [1.82, 2.24) is 0 Å². The first-order chi connectivity index (χ1) is 12.0. The van der Waals surface area contributed by atoms with Crippen LogP contribution in [0, 0.1) is 12.7 Å². The highest BCUT2D eigenvalue weighted by Gasteiger charge is 2.28. The van der Waals surface area contributed by atoms with Crippen molar-refractivity contribution in [2.45, 2.75) is 26.2 Å². The molecule has 0 atom stereocenters. The zero-order chi connectivity index (χ0) is 18.0. The fraction of sp³-hybridized carbons (Fsp3) is 0.235. The second kappa shape index (κ2) is 6.76. The number of carbonyl (C=O) groups excluding carboxylic acids is 1. The normalized spacial score (nSPS) is 14.9. The van der Waals surface area contributed by atoms with Gasteiger partial charge in [-0.05, 0) is 31.9 Å². The van der Waals surface area contributed by atoms with Crippen LogP contribution < -0.4 is 16.8 Å². The first-order valence-electron chi connectivity index (χ1n) is 7.81. The summed E-state index contributed by atoms with van der Waals surface area (Å²) < 4.78 is 19.4. The standard InChI is InChI=1S/C17H18FN5O2/c1-9-14-12(22-23-17(19)20)7-4-8-13(14)25-15(9)16(24)21-11-6-3-2-5-10(11)18/h2-3,5-6H,4,7-8H2,1H3,(H,21,24)(H4,19,20,23)/b22-12+. The average molecular weight is 343 g/mol. The lowest BCUT2D eigenvalue weighted by Gasteiger charge is -2.11. The van der Waals surface area contributed by atoms with Gasteiger partial charge in [-0.1, -0.05) is 12.1 Å². The van der Waals surface area contributed by atoms with Crippen LogP contribution in [-0.4, -0.2) is 17.6 Å². The van der Waals surface area contributed by atoms with Gasteiger partial charge in [0.25, 0.3) is 5.91 Å². The Bertz CT molecular complexity index is 881.